The highest BCUT2D eigenvalue weighted by Crippen LogP contribution is 2.32. The zero-order chi connectivity index (χ0) is 9.10. The maximum atomic E-state index is 5.59. The van der Waals surface area contributed by atoms with Gasteiger partial charge in [0.15, 0.2) is 0 Å². The topological polar surface area (TPSA) is 9.23 Å². The molecule has 0 bridgehead atoms. The fourth-order valence-corrected chi connectivity index (χ4v) is 2.63. The lowest BCUT2D eigenvalue weighted by Crippen LogP contribution is -2.22. The minimum atomic E-state index is 0.772. The average molecular weight is 180 g/mol. The quantitative estimate of drug-likeness (QED) is 0.520. The number of ether oxygens (including phenoxy) is 1. The second-order valence-corrected chi connectivity index (χ2v) is 4.47. The van der Waals surface area contributed by atoms with Gasteiger partial charge in [0, 0.05) is 5.92 Å². The maximum Gasteiger partial charge on any atom is 0.0677 e. The molecule has 1 aliphatic heterocycles. The van der Waals surface area contributed by atoms with Gasteiger partial charge >= 0.3 is 0 Å². The summed E-state index contributed by atoms with van der Waals surface area (Å²) in [5.41, 5.74) is 3.27. The summed E-state index contributed by atoms with van der Waals surface area (Å²) < 4.78 is 5.59. The van der Waals surface area contributed by atoms with Crippen LogP contribution in [0.4, 0.5) is 0 Å². The molecule has 1 nitrogen and oxygen atoms in total. The number of fused-ring (bicyclic) bond motifs is 1. The molecule has 0 aromatic rings. The Kier molecular flexibility index (Phi) is 3.05. The summed E-state index contributed by atoms with van der Waals surface area (Å²) >= 11 is 0. The van der Waals surface area contributed by atoms with Crippen molar-refractivity contribution in [2.24, 2.45) is 5.92 Å². The largest absolute Gasteiger partial charge is 0.376 e. The molecule has 0 N–H and O–H groups in total. The van der Waals surface area contributed by atoms with Gasteiger partial charge in [-0.15, -0.1) is 0 Å². The van der Waals surface area contributed by atoms with Crippen molar-refractivity contribution in [3.63, 3.8) is 0 Å². The number of rotatable bonds is 0. The molecule has 2 rings (SSSR count). The Labute approximate surface area is 81.2 Å². The number of hydrogen-bond donors (Lipinski definition) is 0. The van der Waals surface area contributed by atoms with Gasteiger partial charge in [-0.2, -0.15) is 0 Å². The van der Waals surface area contributed by atoms with Crippen molar-refractivity contribution in [1.82, 2.24) is 0 Å². The van der Waals surface area contributed by atoms with Crippen LogP contribution in [0.5, 0.6) is 0 Å². The van der Waals surface area contributed by atoms with E-state index in [1.165, 1.54) is 44.1 Å². The van der Waals surface area contributed by atoms with Crippen molar-refractivity contribution in [2.45, 2.75) is 45.4 Å². The van der Waals surface area contributed by atoms with Crippen molar-refractivity contribution in [3.8, 4) is 0 Å². The predicted molar refractivity (Wildman–Crippen MR) is 54.7 cm³/mol. The van der Waals surface area contributed by atoms with E-state index in [9.17, 15) is 0 Å². The van der Waals surface area contributed by atoms with Crippen LogP contribution in [-0.4, -0.2) is 13.2 Å². The van der Waals surface area contributed by atoms with Gasteiger partial charge in [-0.1, -0.05) is 24.8 Å². The first-order chi connectivity index (χ1) is 6.38. The third kappa shape index (κ3) is 2.14. The molecule has 74 valence electrons. The normalized spacial score (nSPS) is 30.7. The minimum Gasteiger partial charge on any atom is -0.376 e. The van der Waals surface area contributed by atoms with Gasteiger partial charge in [0.2, 0.25) is 0 Å². The average Bonchev–Trinajstić information content (AvgIpc) is 2.07. The third-order valence-electron chi connectivity index (χ3n) is 3.43. The molecule has 0 saturated heterocycles. The zero-order valence-corrected chi connectivity index (χ0v) is 8.64. The highest BCUT2D eigenvalue weighted by molar-refractivity contribution is 5.18. The van der Waals surface area contributed by atoms with Gasteiger partial charge in [0.25, 0.3) is 0 Å². The Morgan fingerprint density at radius 2 is 2.00 bits per heavy atom. The van der Waals surface area contributed by atoms with Crippen molar-refractivity contribution in [2.75, 3.05) is 13.2 Å². The predicted octanol–water partition coefficient (Wildman–Crippen LogP) is 3.30. The maximum absolute atomic E-state index is 5.59. The fourth-order valence-electron chi connectivity index (χ4n) is 2.63. The van der Waals surface area contributed by atoms with Crippen LogP contribution in [0, 0.1) is 5.92 Å². The molecule has 1 saturated carbocycles. The molecule has 1 unspecified atom stereocenters. The summed E-state index contributed by atoms with van der Waals surface area (Å²) in [6.07, 6.45) is 8.40. The molecule has 1 aliphatic carbocycles. The van der Waals surface area contributed by atoms with Crippen LogP contribution in [0.2, 0.25) is 0 Å². The third-order valence-corrected chi connectivity index (χ3v) is 3.43. The molecule has 0 radical (unpaired) electrons. The summed E-state index contributed by atoms with van der Waals surface area (Å²) in [6.45, 7) is 4.14. The number of hydrogen-bond acceptors (Lipinski definition) is 1. The molecule has 1 heteroatoms. The molecule has 2 aliphatic rings. The van der Waals surface area contributed by atoms with Crippen LogP contribution < -0.4 is 0 Å². The van der Waals surface area contributed by atoms with Gasteiger partial charge in [0.05, 0.1) is 13.2 Å². The van der Waals surface area contributed by atoms with Crippen LogP contribution in [0.3, 0.4) is 0 Å². The van der Waals surface area contributed by atoms with Crippen LogP contribution in [0.15, 0.2) is 11.1 Å². The van der Waals surface area contributed by atoms with Crippen LogP contribution in [0.1, 0.15) is 45.4 Å². The minimum absolute atomic E-state index is 0.772. The SMILES string of the molecule is CC1=C2CCCCCCC2COC1. The molecule has 1 atom stereocenters. The Bertz CT molecular complexity index is 205. The molecule has 0 amide bonds. The fraction of sp³-hybridized carbons (Fsp3) is 0.833. The van der Waals surface area contributed by atoms with Crippen molar-refractivity contribution in [1.29, 1.82) is 0 Å². The second kappa shape index (κ2) is 4.28. The van der Waals surface area contributed by atoms with E-state index in [-0.39, 0.29) is 0 Å². The molecular weight excluding hydrogens is 160 g/mol. The van der Waals surface area contributed by atoms with E-state index < -0.39 is 0 Å². The highest BCUT2D eigenvalue weighted by Gasteiger charge is 2.21. The van der Waals surface area contributed by atoms with E-state index in [1.54, 1.807) is 5.57 Å². The van der Waals surface area contributed by atoms with E-state index in [0.717, 1.165) is 19.1 Å². The highest BCUT2D eigenvalue weighted by atomic mass is 16.5. The first kappa shape index (κ1) is 9.26. The van der Waals surface area contributed by atoms with Crippen LogP contribution in [-0.2, 0) is 4.74 Å². The lowest BCUT2D eigenvalue weighted by atomic mass is 9.83. The summed E-state index contributed by atoms with van der Waals surface area (Å²) in [5, 5.41) is 0. The summed E-state index contributed by atoms with van der Waals surface area (Å²) in [4.78, 5) is 0. The molecule has 0 spiro atoms. The van der Waals surface area contributed by atoms with Gasteiger partial charge in [-0.25, -0.2) is 0 Å². The van der Waals surface area contributed by atoms with E-state index in [4.69, 9.17) is 4.74 Å². The summed E-state index contributed by atoms with van der Waals surface area (Å²) in [5.74, 6) is 0.772. The zero-order valence-electron chi connectivity index (χ0n) is 8.64. The molecule has 13 heavy (non-hydrogen) atoms. The van der Waals surface area contributed by atoms with E-state index in [2.05, 4.69) is 6.92 Å². The molecule has 1 heterocycles. The molecule has 1 fully saturated rings. The molecule has 0 aromatic heterocycles. The second-order valence-electron chi connectivity index (χ2n) is 4.47. The van der Waals surface area contributed by atoms with Gasteiger partial charge in [-0.05, 0) is 31.8 Å². The monoisotopic (exact) mass is 180 g/mol. The van der Waals surface area contributed by atoms with E-state index >= 15 is 0 Å². The molecular formula is C12H20O. The van der Waals surface area contributed by atoms with Gasteiger partial charge in [0.1, 0.15) is 0 Å². The summed E-state index contributed by atoms with van der Waals surface area (Å²) in [6, 6.07) is 0. The van der Waals surface area contributed by atoms with Crippen molar-refractivity contribution >= 4 is 0 Å². The Morgan fingerprint density at radius 3 is 2.92 bits per heavy atom. The Balaban J connectivity index is 2.11. The van der Waals surface area contributed by atoms with E-state index in [1.807, 2.05) is 0 Å². The van der Waals surface area contributed by atoms with Crippen LogP contribution in [0.25, 0.3) is 0 Å². The van der Waals surface area contributed by atoms with Crippen LogP contribution >= 0.6 is 0 Å². The first-order valence-corrected chi connectivity index (χ1v) is 5.64. The Morgan fingerprint density at radius 1 is 1.15 bits per heavy atom. The Hall–Kier alpha value is -0.300. The first-order valence-electron chi connectivity index (χ1n) is 5.64. The van der Waals surface area contributed by atoms with Gasteiger partial charge in [-0.3, -0.25) is 0 Å². The lowest BCUT2D eigenvalue weighted by Gasteiger charge is -2.29. The molecule has 0 aromatic carbocycles. The van der Waals surface area contributed by atoms with Gasteiger partial charge < -0.3 is 4.74 Å². The van der Waals surface area contributed by atoms with Crippen molar-refractivity contribution in [3.05, 3.63) is 11.1 Å². The lowest BCUT2D eigenvalue weighted by molar-refractivity contribution is 0.104. The smallest absolute Gasteiger partial charge is 0.0677 e. The van der Waals surface area contributed by atoms with Crippen molar-refractivity contribution < 1.29 is 4.74 Å². The standard InChI is InChI=1S/C12H20O/c1-10-8-13-9-11-6-4-2-3-5-7-12(10)11/h11H,2-9H2,1H3. The summed E-state index contributed by atoms with van der Waals surface area (Å²) in [7, 11) is 0. The van der Waals surface area contributed by atoms with E-state index in [0.29, 0.717) is 0 Å².